The minimum absolute atomic E-state index is 0.350. The molecule has 0 bridgehead atoms. The first-order valence-electron chi connectivity index (χ1n) is 6.20. The Bertz CT molecular complexity index is 404. The van der Waals surface area contributed by atoms with Gasteiger partial charge in [0.25, 0.3) is 0 Å². The maximum atomic E-state index is 5.40. The highest BCUT2D eigenvalue weighted by Crippen LogP contribution is 2.32. The number of hydrogen-bond acceptors (Lipinski definition) is 4. The van der Waals surface area contributed by atoms with Gasteiger partial charge in [-0.25, -0.2) is 0 Å². The molecule has 2 heterocycles. The summed E-state index contributed by atoms with van der Waals surface area (Å²) in [5.41, 5.74) is 1.29. The molecule has 0 unspecified atom stereocenters. The van der Waals surface area contributed by atoms with Crippen molar-refractivity contribution >= 4 is 0 Å². The van der Waals surface area contributed by atoms with Gasteiger partial charge in [-0.2, -0.15) is 0 Å². The Balaban J connectivity index is 1.71. The highest BCUT2D eigenvalue weighted by molar-refractivity contribution is 5.44. The zero-order valence-corrected chi connectivity index (χ0v) is 10.1. The van der Waals surface area contributed by atoms with E-state index in [1.54, 1.807) is 0 Å². The molecule has 0 amide bonds. The van der Waals surface area contributed by atoms with E-state index in [1.165, 1.54) is 5.56 Å². The van der Waals surface area contributed by atoms with E-state index in [1.807, 2.05) is 6.07 Å². The third kappa shape index (κ3) is 2.10. The molecular formula is C13H18N2O2. The summed E-state index contributed by atoms with van der Waals surface area (Å²) < 4.78 is 10.7. The lowest BCUT2D eigenvalue weighted by molar-refractivity contribution is 0.145. The number of likely N-dealkylation sites (N-methyl/N-ethyl adjacent to an activating group) is 1. The second-order valence-electron chi connectivity index (χ2n) is 4.56. The summed E-state index contributed by atoms with van der Waals surface area (Å²) in [6.07, 6.45) is 0. The molecule has 4 nitrogen and oxygen atoms in total. The number of nitrogens with one attached hydrogen (secondary N) is 1. The minimum Gasteiger partial charge on any atom is -0.454 e. The van der Waals surface area contributed by atoms with Crippen LogP contribution in [0.15, 0.2) is 18.2 Å². The van der Waals surface area contributed by atoms with E-state index in [0.717, 1.165) is 37.7 Å². The zero-order chi connectivity index (χ0) is 11.7. The van der Waals surface area contributed by atoms with Gasteiger partial charge in [-0.15, -0.1) is 0 Å². The van der Waals surface area contributed by atoms with Gasteiger partial charge in [-0.3, -0.25) is 4.90 Å². The molecule has 1 fully saturated rings. The molecule has 92 valence electrons. The van der Waals surface area contributed by atoms with Crippen molar-refractivity contribution in [3.8, 4) is 11.5 Å². The molecular weight excluding hydrogens is 216 g/mol. The smallest absolute Gasteiger partial charge is 0.231 e. The fourth-order valence-corrected chi connectivity index (χ4v) is 2.30. The standard InChI is InChI=1S/C13H18N2O2/c1-2-15(11-6-14-7-11)8-10-3-4-12-13(5-10)17-9-16-12/h3-5,11,14H,2,6-9H2,1H3. The SMILES string of the molecule is CCN(Cc1ccc2c(c1)OCO2)C1CNC1. The van der Waals surface area contributed by atoms with E-state index in [-0.39, 0.29) is 0 Å². The van der Waals surface area contributed by atoms with Gasteiger partial charge in [0, 0.05) is 25.7 Å². The molecule has 0 saturated carbocycles. The van der Waals surface area contributed by atoms with Crippen molar-refractivity contribution in [2.24, 2.45) is 0 Å². The van der Waals surface area contributed by atoms with Crippen LogP contribution in [0.4, 0.5) is 0 Å². The Morgan fingerprint density at radius 3 is 2.82 bits per heavy atom. The van der Waals surface area contributed by atoms with Crippen molar-refractivity contribution in [2.75, 3.05) is 26.4 Å². The first-order chi connectivity index (χ1) is 8.36. The van der Waals surface area contributed by atoms with Crippen molar-refractivity contribution in [1.29, 1.82) is 0 Å². The maximum absolute atomic E-state index is 5.40. The average Bonchev–Trinajstić information content (AvgIpc) is 2.72. The molecule has 1 aromatic rings. The van der Waals surface area contributed by atoms with Crippen molar-refractivity contribution in [3.05, 3.63) is 23.8 Å². The van der Waals surface area contributed by atoms with Crippen molar-refractivity contribution < 1.29 is 9.47 Å². The molecule has 4 heteroatoms. The van der Waals surface area contributed by atoms with Crippen molar-refractivity contribution in [1.82, 2.24) is 10.2 Å². The number of hydrogen-bond donors (Lipinski definition) is 1. The third-order valence-corrected chi connectivity index (χ3v) is 3.51. The lowest BCUT2D eigenvalue weighted by atomic mass is 10.1. The van der Waals surface area contributed by atoms with E-state index in [4.69, 9.17) is 9.47 Å². The fraction of sp³-hybridized carbons (Fsp3) is 0.538. The topological polar surface area (TPSA) is 33.7 Å². The average molecular weight is 234 g/mol. The number of benzene rings is 1. The summed E-state index contributed by atoms with van der Waals surface area (Å²) in [6, 6.07) is 6.91. The van der Waals surface area contributed by atoms with Gasteiger partial charge in [0.15, 0.2) is 11.5 Å². The van der Waals surface area contributed by atoms with Crippen LogP contribution in [-0.4, -0.2) is 37.4 Å². The van der Waals surface area contributed by atoms with E-state index < -0.39 is 0 Å². The Kier molecular flexibility index (Phi) is 2.91. The molecule has 1 N–H and O–H groups in total. The van der Waals surface area contributed by atoms with Gasteiger partial charge in [-0.05, 0) is 24.2 Å². The molecule has 0 spiro atoms. The van der Waals surface area contributed by atoms with Crippen LogP contribution in [0.25, 0.3) is 0 Å². The third-order valence-electron chi connectivity index (χ3n) is 3.51. The van der Waals surface area contributed by atoms with E-state index in [0.29, 0.717) is 12.8 Å². The van der Waals surface area contributed by atoms with Crippen LogP contribution >= 0.6 is 0 Å². The second kappa shape index (κ2) is 4.55. The molecule has 17 heavy (non-hydrogen) atoms. The molecule has 3 rings (SSSR count). The maximum Gasteiger partial charge on any atom is 0.231 e. The van der Waals surface area contributed by atoms with Crippen LogP contribution in [0.3, 0.4) is 0 Å². The van der Waals surface area contributed by atoms with Gasteiger partial charge in [-0.1, -0.05) is 13.0 Å². The number of fused-ring (bicyclic) bond motifs is 1. The largest absolute Gasteiger partial charge is 0.454 e. The lowest BCUT2D eigenvalue weighted by Crippen LogP contribution is -2.56. The summed E-state index contributed by atoms with van der Waals surface area (Å²) in [4.78, 5) is 2.49. The number of nitrogens with zero attached hydrogens (tertiary/aromatic N) is 1. The van der Waals surface area contributed by atoms with Crippen LogP contribution in [0.5, 0.6) is 11.5 Å². The van der Waals surface area contributed by atoms with E-state index >= 15 is 0 Å². The summed E-state index contributed by atoms with van der Waals surface area (Å²) in [5, 5.41) is 3.32. The molecule has 0 aromatic heterocycles. The summed E-state index contributed by atoms with van der Waals surface area (Å²) in [6.45, 7) is 6.85. The Morgan fingerprint density at radius 1 is 1.29 bits per heavy atom. The van der Waals surface area contributed by atoms with Crippen LogP contribution < -0.4 is 14.8 Å². The Morgan fingerprint density at radius 2 is 2.12 bits per heavy atom. The Hall–Kier alpha value is -1.26. The monoisotopic (exact) mass is 234 g/mol. The van der Waals surface area contributed by atoms with Crippen LogP contribution in [-0.2, 0) is 6.54 Å². The van der Waals surface area contributed by atoms with Gasteiger partial charge < -0.3 is 14.8 Å². The van der Waals surface area contributed by atoms with Gasteiger partial charge >= 0.3 is 0 Å². The van der Waals surface area contributed by atoms with E-state index in [9.17, 15) is 0 Å². The molecule has 1 aromatic carbocycles. The number of ether oxygens (including phenoxy) is 2. The molecule has 0 atom stereocenters. The van der Waals surface area contributed by atoms with Crippen LogP contribution in [0.1, 0.15) is 12.5 Å². The first-order valence-corrected chi connectivity index (χ1v) is 6.20. The molecule has 0 aliphatic carbocycles. The highest BCUT2D eigenvalue weighted by atomic mass is 16.7. The fourth-order valence-electron chi connectivity index (χ4n) is 2.30. The molecule has 2 aliphatic heterocycles. The van der Waals surface area contributed by atoms with E-state index in [2.05, 4.69) is 29.3 Å². The van der Waals surface area contributed by atoms with Crippen LogP contribution in [0.2, 0.25) is 0 Å². The second-order valence-corrected chi connectivity index (χ2v) is 4.56. The van der Waals surface area contributed by atoms with Gasteiger partial charge in [0.1, 0.15) is 0 Å². The molecule has 2 aliphatic rings. The Labute approximate surface area is 102 Å². The van der Waals surface area contributed by atoms with Crippen LogP contribution in [0, 0.1) is 0 Å². The normalized spacial score (nSPS) is 18.5. The quantitative estimate of drug-likeness (QED) is 0.849. The van der Waals surface area contributed by atoms with Gasteiger partial charge in [0.2, 0.25) is 6.79 Å². The lowest BCUT2D eigenvalue weighted by Gasteiger charge is -2.37. The predicted octanol–water partition coefficient (Wildman–Crippen LogP) is 1.21. The zero-order valence-electron chi connectivity index (χ0n) is 10.1. The summed E-state index contributed by atoms with van der Waals surface area (Å²) in [7, 11) is 0. The first kappa shape index (κ1) is 10.9. The minimum atomic E-state index is 0.350. The van der Waals surface area contributed by atoms with Crippen molar-refractivity contribution in [2.45, 2.75) is 19.5 Å². The predicted molar refractivity (Wildman–Crippen MR) is 65.3 cm³/mol. The highest BCUT2D eigenvalue weighted by Gasteiger charge is 2.23. The summed E-state index contributed by atoms with van der Waals surface area (Å²) >= 11 is 0. The summed E-state index contributed by atoms with van der Waals surface area (Å²) in [5.74, 6) is 1.74. The van der Waals surface area contributed by atoms with Gasteiger partial charge in [0.05, 0.1) is 0 Å². The van der Waals surface area contributed by atoms with Crippen molar-refractivity contribution in [3.63, 3.8) is 0 Å². The molecule has 0 radical (unpaired) electrons. The molecule has 1 saturated heterocycles. The number of rotatable bonds is 4.